The van der Waals surface area contributed by atoms with Crippen molar-refractivity contribution in [3.8, 4) is 0 Å². The van der Waals surface area contributed by atoms with E-state index in [2.05, 4.69) is 12.6 Å². The first-order valence-electron chi connectivity index (χ1n) is 5.95. The predicted molar refractivity (Wildman–Crippen MR) is 70.4 cm³/mol. The van der Waals surface area contributed by atoms with Crippen LogP contribution in [-0.2, 0) is 16.1 Å². The number of thiol groups is 1. The maximum absolute atomic E-state index is 9.95. The summed E-state index contributed by atoms with van der Waals surface area (Å²) in [4.78, 5) is 0. The maximum Gasteiger partial charge on any atom is 0.129 e. The van der Waals surface area contributed by atoms with Crippen LogP contribution in [0, 0.1) is 0 Å². The van der Waals surface area contributed by atoms with E-state index in [4.69, 9.17) is 9.47 Å². The number of ether oxygens (including phenoxy) is 2. The van der Waals surface area contributed by atoms with Crippen LogP contribution in [0.4, 0.5) is 0 Å². The van der Waals surface area contributed by atoms with Crippen LogP contribution in [0.2, 0.25) is 0 Å². The summed E-state index contributed by atoms with van der Waals surface area (Å²) in [6.45, 7) is 2.05. The van der Waals surface area contributed by atoms with Crippen molar-refractivity contribution in [3.63, 3.8) is 0 Å². The van der Waals surface area contributed by atoms with Crippen molar-refractivity contribution in [1.29, 1.82) is 0 Å². The first-order chi connectivity index (χ1) is 8.59. The zero-order valence-electron chi connectivity index (χ0n) is 10.1. The standard InChI is InChI=1S/C13H18O4S/c1-8-10(14)11(15)12(13(18)17-8)16-7-9-5-3-2-4-6-9/h2-6,8,10-15,18H,7H2,1H3/t8-,10-,11+,12-,13-/m1/s1. The fourth-order valence-corrected chi connectivity index (χ4v) is 2.42. The smallest absolute Gasteiger partial charge is 0.129 e. The molecule has 0 bridgehead atoms. The molecule has 1 saturated heterocycles. The van der Waals surface area contributed by atoms with E-state index in [0.29, 0.717) is 6.61 Å². The molecular formula is C13H18O4S. The number of hydrogen-bond donors (Lipinski definition) is 3. The van der Waals surface area contributed by atoms with Gasteiger partial charge in [0.1, 0.15) is 23.7 Å². The largest absolute Gasteiger partial charge is 0.388 e. The Morgan fingerprint density at radius 2 is 1.89 bits per heavy atom. The summed E-state index contributed by atoms with van der Waals surface area (Å²) < 4.78 is 11.0. The molecule has 1 aliphatic rings. The van der Waals surface area contributed by atoms with E-state index < -0.39 is 29.9 Å². The molecule has 1 heterocycles. The van der Waals surface area contributed by atoms with Gasteiger partial charge in [-0.05, 0) is 12.5 Å². The van der Waals surface area contributed by atoms with Gasteiger partial charge in [-0.1, -0.05) is 30.3 Å². The summed E-state index contributed by atoms with van der Waals surface area (Å²) in [5.41, 5.74) is 0.459. The first-order valence-corrected chi connectivity index (χ1v) is 6.46. The van der Waals surface area contributed by atoms with Crippen molar-refractivity contribution < 1.29 is 19.7 Å². The molecule has 0 amide bonds. The lowest BCUT2D eigenvalue weighted by Crippen LogP contribution is -2.55. The van der Waals surface area contributed by atoms with Crippen LogP contribution in [0.5, 0.6) is 0 Å². The van der Waals surface area contributed by atoms with Crippen LogP contribution in [0.3, 0.4) is 0 Å². The summed E-state index contributed by atoms with van der Waals surface area (Å²) in [5, 5.41) is 19.7. The Hall–Kier alpha value is -0.590. The second-order valence-electron chi connectivity index (χ2n) is 4.47. The highest BCUT2D eigenvalue weighted by Gasteiger charge is 2.41. The molecule has 0 aliphatic carbocycles. The molecule has 2 rings (SSSR count). The molecule has 1 fully saturated rings. The van der Waals surface area contributed by atoms with Crippen molar-refractivity contribution in [2.24, 2.45) is 0 Å². The van der Waals surface area contributed by atoms with Gasteiger partial charge in [-0.3, -0.25) is 0 Å². The zero-order valence-corrected chi connectivity index (χ0v) is 11.0. The highest BCUT2D eigenvalue weighted by Crippen LogP contribution is 2.26. The third-order valence-electron chi connectivity index (χ3n) is 3.09. The molecule has 1 aromatic rings. The Bertz CT molecular complexity index is 373. The highest BCUT2D eigenvalue weighted by atomic mass is 32.1. The van der Waals surface area contributed by atoms with Gasteiger partial charge in [-0.2, -0.15) is 0 Å². The van der Waals surface area contributed by atoms with E-state index in [9.17, 15) is 10.2 Å². The van der Waals surface area contributed by atoms with Crippen molar-refractivity contribution in [2.45, 2.75) is 43.4 Å². The fraction of sp³-hybridized carbons (Fsp3) is 0.538. The Kier molecular flexibility index (Phi) is 4.64. The Balaban J connectivity index is 1.96. The van der Waals surface area contributed by atoms with Gasteiger partial charge in [0.2, 0.25) is 0 Å². The van der Waals surface area contributed by atoms with Gasteiger partial charge >= 0.3 is 0 Å². The van der Waals surface area contributed by atoms with Gasteiger partial charge in [0.05, 0.1) is 12.7 Å². The summed E-state index contributed by atoms with van der Waals surface area (Å²) in [7, 11) is 0. The Labute approximate surface area is 112 Å². The van der Waals surface area contributed by atoms with Gasteiger partial charge in [0.25, 0.3) is 0 Å². The lowest BCUT2D eigenvalue weighted by molar-refractivity contribution is -0.209. The molecule has 4 nitrogen and oxygen atoms in total. The lowest BCUT2D eigenvalue weighted by atomic mass is 10.0. The van der Waals surface area contributed by atoms with E-state index in [-0.39, 0.29) is 0 Å². The van der Waals surface area contributed by atoms with Crippen molar-refractivity contribution in [3.05, 3.63) is 35.9 Å². The second-order valence-corrected chi connectivity index (χ2v) is 4.98. The van der Waals surface area contributed by atoms with E-state index in [1.807, 2.05) is 30.3 Å². The summed E-state index contributed by atoms with van der Waals surface area (Å²) >= 11 is 4.24. The maximum atomic E-state index is 9.95. The molecule has 100 valence electrons. The minimum Gasteiger partial charge on any atom is -0.388 e. The average Bonchev–Trinajstić information content (AvgIpc) is 2.37. The number of aliphatic hydroxyl groups excluding tert-OH is 2. The monoisotopic (exact) mass is 270 g/mol. The SMILES string of the molecule is C[C@H]1O[C@H](S)[C@H](OCc2ccccc2)[C@@H](O)[C@@H]1O. The molecular weight excluding hydrogens is 252 g/mol. The van der Waals surface area contributed by atoms with Gasteiger partial charge in [-0.25, -0.2) is 0 Å². The highest BCUT2D eigenvalue weighted by molar-refractivity contribution is 7.80. The molecule has 0 radical (unpaired) electrons. The van der Waals surface area contributed by atoms with Gasteiger partial charge in [0, 0.05) is 0 Å². The van der Waals surface area contributed by atoms with E-state index >= 15 is 0 Å². The Morgan fingerprint density at radius 1 is 1.22 bits per heavy atom. The van der Waals surface area contributed by atoms with Crippen LogP contribution in [0.25, 0.3) is 0 Å². The molecule has 1 aromatic carbocycles. The summed E-state index contributed by atoms with van der Waals surface area (Å²) in [5.74, 6) is 0. The topological polar surface area (TPSA) is 58.9 Å². The molecule has 1 aliphatic heterocycles. The molecule has 0 saturated carbocycles. The molecule has 5 heteroatoms. The number of aliphatic hydroxyl groups is 2. The van der Waals surface area contributed by atoms with Crippen molar-refractivity contribution >= 4 is 12.6 Å². The molecule has 2 N–H and O–H groups in total. The van der Waals surface area contributed by atoms with Crippen molar-refractivity contribution in [2.75, 3.05) is 0 Å². The van der Waals surface area contributed by atoms with Crippen LogP contribution in [-0.4, -0.2) is 40.1 Å². The Morgan fingerprint density at radius 3 is 2.56 bits per heavy atom. The molecule has 18 heavy (non-hydrogen) atoms. The van der Waals surface area contributed by atoms with E-state index in [0.717, 1.165) is 5.56 Å². The minimum atomic E-state index is -0.986. The molecule has 5 atom stereocenters. The fourth-order valence-electron chi connectivity index (χ4n) is 1.97. The minimum absolute atomic E-state index is 0.351. The first kappa shape index (κ1) is 13.8. The van der Waals surface area contributed by atoms with Gasteiger partial charge < -0.3 is 19.7 Å². The van der Waals surface area contributed by atoms with Gasteiger partial charge in [0.15, 0.2) is 0 Å². The van der Waals surface area contributed by atoms with Crippen LogP contribution < -0.4 is 0 Å². The van der Waals surface area contributed by atoms with E-state index in [1.165, 1.54) is 0 Å². The lowest BCUT2D eigenvalue weighted by Gasteiger charge is -2.39. The number of benzene rings is 1. The van der Waals surface area contributed by atoms with Crippen LogP contribution >= 0.6 is 12.6 Å². The second kappa shape index (κ2) is 6.04. The quantitative estimate of drug-likeness (QED) is 0.716. The van der Waals surface area contributed by atoms with Crippen LogP contribution in [0.15, 0.2) is 30.3 Å². The van der Waals surface area contributed by atoms with E-state index in [1.54, 1.807) is 6.92 Å². The summed E-state index contributed by atoms with van der Waals surface area (Å²) in [6.07, 6.45) is -3.02. The normalized spacial score (nSPS) is 36.6. The zero-order chi connectivity index (χ0) is 13.1. The third kappa shape index (κ3) is 3.05. The van der Waals surface area contributed by atoms with Crippen molar-refractivity contribution in [1.82, 2.24) is 0 Å². The summed E-state index contributed by atoms with van der Waals surface area (Å²) in [6, 6.07) is 9.63. The predicted octanol–water partition coefficient (Wildman–Crippen LogP) is 0.968. The average molecular weight is 270 g/mol. The number of hydrogen-bond acceptors (Lipinski definition) is 5. The van der Waals surface area contributed by atoms with Gasteiger partial charge in [-0.15, -0.1) is 12.6 Å². The van der Waals surface area contributed by atoms with Crippen LogP contribution in [0.1, 0.15) is 12.5 Å². The molecule has 0 aromatic heterocycles. The third-order valence-corrected chi connectivity index (χ3v) is 3.50. The molecule has 0 unspecified atom stereocenters. The molecule has 0 spiro atoms. The number of rotatable bonds is 3.